The van der Waals surface area contributed by atoms with E-state index in [0.29, 0.717) is 11.5 Å². The van der Waals surface area contributed by atoms with E-state index in [-0.39, 0.29) is 0 Å². The Bertz CT molecular complexity index is 208. The number of methoxy groups -OCH3 is 1. The summed E-state index contributed by atoms with van der Waals surface area (Å²) in [6.45, 7) is 8.12. The maximum absolute atomic E-state index is 5.28. The van der Waals surface area contributed by atoms with Crippen LogP contribution < -0.4 is 5.32 Å². The van der Waals surface area contributed by atoms with Crippen LogP contribution >= 0.6 is 0 Å². The Morgan fingerprint density at radius 3 is 2.88 bits per heavy atom. The quantitative estimate of drug-likeness (QED) is 0.789. The zero-order valence-corrected chi connectivity index (χ0v) is 10.8. The molecule has 3 nitrogen and oxygen atoms in total. The first-order valence-corrected chi connectivity index (χ1v) is 6.69. The Morgan fingerprint density at radius 2 is 2.19 bits per heavy atom. The van der Waals surface area contributed by atoms with E-state index < -0.39 is 0 Å². The maximum atomic E-state index is 5.28. The average molecular weight is 226 g/mol. The van der Waals surface area contributed by atoms with Crippen molar-refractivity contribution in [2.75, 3.05) is 39.9 Å². The molecule has 1 N–H and O–H groups in total. The molecule has 1 spiro atoms. The first kappa shape index (κ1) is 12.3. The summed E-state index contributed by atoms with van der Waals surface area (Å²) in [6.07, 6.45) is 5.54. The second-order valence-electron chi connectivity index (χ2n) is 5.66. The molecule has 0 bridgehead atoms. The molecule has 2 rings (SSSR count). The number of nitrogens with one attached hydrogen (secondary N) is 1. The largest absolute Gasteiger partial charge is 0.383 e. The van der Waals surface area contributed by atoms with Crippen LogP contribution in [0.3, 0.4) is 0 Å². The topological polar surface area (TPSA) is 24.5 Å². The summed E-state index contributed by atoms with van der Waals surface area (Å²) >= 11 is 0. The molecule has 2 fully saturated rings. The van der Waals surface area contributed by atoms with Gasteiger partial charge in [-0.1, -0.05) is 0 Å². The van der Waals surface area contributed by atoms with Crippen molar-refractivity contribution >= 4 is 0 Å². The highest BCUT2D eigenvalue weighted by molar-refractivity contribution is 4.92. The van der Waals surface area contributed by atoms with Crippen molar-refractivity contribution in [1.29, 1.82) is 0 Å². The summed E-state index contributed by atoms with van der Waals surface area (Å²) in [6, 6.07) is 0.573. The summed E-state index contributed by atoms with van der Waals surface area (Å²) < 4.78 is 5.28. The minimum atomic E-state index is 0.568. The fourth-order valence-corrected chi connectivity index (χ4v) is 3.35. The van der Waals surface area contributed by atoms with Crippen LogP contribution in [0.15, 0.2) is 0 Å². The van der Waals surface area contributed by atoms with Crippen molar-refractivity contribution in [2.45, 2.75) is 38.6 Å². The van der Waals surface area contributed by atoms with Crippen LogP contribution in [0, 0.1) is 5.41 Å². The number of nitrogens with zero attached hydrogens (tertiary/aromatic N) is 1. The Labute approximate surface area is 99.5 Å². The highest BCUT2D eigenvalue weighted by Crippen LogP contribution is 2.36. The molecule has 3 heteroatoms. The normalized spacial score (nSPS) is 34.1. The highest BCUT2D eigenvalue weighted by Gasteiger charge is 2.37. The molecule has 0 amide bonds. The van der Waals surface area contributed by atoms with Gasteiger partial charge in [0.15, 0.2) is 0 Å². The van der Waals surface area contributed by atoms with E-state index in [2.05, 4.69) is 17.1 Å². The lowest BCUT2D eigenvalue weighted by atomic mass is 9.74. The van der Waals surface area contributed by atoms with Crippen LogP contribution in [0.1, 0.15) is 32.6 Å². The Balaban J connectivity index is 1.92. The second-order valence-corrected chi connectivity index (χ2v) is 5.66. The van der Waals surface area contributed by atoms with Crippen LogP contribution in [0.4, 0.5) is 0 Å². The minimum absolute atomic E-state index is 0.568. The summed E-state index contributed by atoms with van der Waals surface area (Å²) in [7, 11) is 1.80. The molecule has 0 saturated carbocycles. The van der Waals surface area contributed by atoms with Gasteiger partial charge in [0, 0.05) is 26.2 Å². The van der Waals surface area contributed by atoms with Gasteiger partial charge >= 0.3 is 0 Å². The summed E-state index contributed by atoms with van der Waals surface area (Å²) in [5.74, 6) is 0. The fraction of sp³-hybridized carbons (Fsp3) is 1.00. The molecular formula is C13H26N2O. The molecule has 0 aromatic carbocycles. The minimum Gasteiger partial charge on any atom is -0.383 e. The number of rotatable bonds is 3. The lowest BCUT2D eigenvalue weighted by Gasteiger charge is -2.47. The summed E-state index contributed by atoms with van der Waals surface area (Å²) in [4.78, 5) is 2.62. The molecule has 2 atom stereocenters. The van der Waals surface area contributed by atoms with Crippen molar-refractivity contribution in [2.24, 2.45) is 5.41 Å². The molecule has 0 aliphatic carbocycles. The summed E-state index contributed by atoms with van der Waals surface area (Å²) in [5, 5.41) is 3.58. The van der Waals surface area contributed by atoms with Gasteiger partial charge in [0.1, 0.15) is 0 Å². The number of piperidine rings is 2. The van der Waals surface area contributed by atoms with Gasteiger partial charge in [-0.25, -0.2) is 0 Å². The van der Waals surface area contributed by atoms with E-state index in [4.69, 9.17) is 4.74 Å². The fourth-order valence-electron chi connectivity index (χ4n) is 3.35. The van der Waals surface area contributed by atoms with E-state index in [1.165, 1.54) is 51.9 Å². The molecule has 0 aromatic heterocycles. The number of likely N-dealkylation sites (tertiary alicyclic amines) is 1. The lowest BCUT2D eigenvalue weighted by Crippen LogP contribution is -2.53. The Kier molecular flexibility index (Phi) is 4.22. The predicted octanol–water partition coefficient (Wildman–Crippen LogP) is 1.49. The smallest absolute Gasteiger partial charge is 0.0615 e. The van der Waals surface area contributed by atoms with E-state index in [0.717, 1.165) is 6.61 Å². The number of hydrogen-bond donors (Lipinski definition) is 1. The third-order valence-electron chi connectivity index (χ3n) is 4.28. The molecule has 16 heavy (non-hydrogen) atoms. The second kappa shape index (κ2) is 5.48. The van der Waals surface area contributed by atoms with Gasteiger partial charge in [0.2, 0.25) is 0 Å². The SMILES string of the molecule is COCC(C)N1CCCC2(CCCNC2)C1. The Morgan fingerprint density at radius 1 is 1.38 bits per heavy atom. The van der Waals surface area contributed by atoms with Gasteiger partial charge in [-0.3, -0.25) is 4.90 Å². The van der Waals surface area contributed by atoms with Crippen molar-refractivity contribution in [3.8, 4) is 0 Å². The van der Waals surface area contributed by atoms with Crippen molar-refractivity contribution in [3.63, 3.8) is 0 Å². The molecule has 2 unspecified atom stereocenters. The molecule has 94 valence electrons. The first-order valence-electron chi connectivity index (χ1n) is 6.69. The zero-order valence-electron chi connectivity index (χ0n) is 10.8. The zero-order chi connectivity index (χ0) is 11.4. The molecule has 2 heterocycles. The van der Waals surface area contributed by atoms with Crippen LogP contribution in [-0.4, -0.2) is 50.8 Å². The van der Waals surface area contributed by atoms with E-state index >= 15 is 0 Å². The van der Waals surface area contributed by atoms with Gasteiger partial charge in [0.25, 0.3) is 0 Å². The van der Waals surface area contributed by atoms with Crippen molar-refractivity contribution in [1.82, 2.24) is 10.2 Å². The molecule has 2 saturated heterocycles. The van der Waals surface area contributed by atoms with Crippen molar-refractivity contribution < 1.29 is 4.74 Å². The lowest BCUT2D eigenvalue weighted by molar-refractivity contribution is 0.0166. The third-order valence-corrected chi connectivity index (χ3v) is 4.28. The van der Waals surface area contributed by atoms with Gasteiger partial charge in [0.05, 0.1) is 6.61 Å². The highest BCUT2D eigenvalue weighted by atomic mass is 16.5. The van der Waals surface area contributed by atoms with Crippen LogP contribution in [0.2, 0.25) is 0 Å². The number of ether oxygens (including phenoxy) is 1. The van der Waals surface area contributed by atoms with E-state index in [1.54, 1.807) is 7.11 Å². The van der Waals surface area contributed by atoms with E-state index in [9.17, 15) is 0 Å². The van der Waals surface area contributed by atoms with Gasteiger partial charge in [-0.15, -0.1) is 0 Å². The van der Waals surface area contributed by atoms with Gasteiger partial charge in [-0.2, -0.15) is 0 Å². The third kappa shape index (κ3) is 2.76. The van der Waals surface area contributed by atoms with Gasteiger partial charge in [-0.05, 0) is 51.1 Å². The molecule has 0 radical (unpaired) electrons. The van der Waals surface area contributed by atoms with Crippen LogP contribution in [0.25, 0.3) is 0 Å². The predicted molar refractivity (Wildman–Crippen MR) is 66.7 cm³/mol. The van der Waals surface area contributed by atoms with Crippen LogP contribution in [0.5, 0.6) is 0 Å². The molecular weight excluding hydrogens is 200 g/mol. The van der Waals surface area contributed by atoms with Crippen LogP contribution in [-0.2, 0) is 4.74 Å². The maximum Gasteiger partial charge on any atom is 0.0615 e. The monoisotopic (exact) mass is 226 g/mol. The van der Waals surface area contributed by atoms with E-state index in [1.807, 2.05) is 0 Å². The van der Waals surface area contributed by atoms with Crippen molar-refractivity contribution in [3.05, 3.63) is 0 Å². The molecule has 2 aliphatic heterocycles. The molecule has 2 aliphatic rings. The molecule has 0 aromatic rings. The summed E-state index contributed by atoms with van der Waals surface area (Å²) in [5.41, 5.74) is 0.568. The number of hydrogen-bond acceptors (Lipinski definition) is 3. The van der Waals surface area contributed by atoms with Gasteiger partial charge < -0.3 is 10.1 Å². The average Bonchev–Trinajstić information content (AvgIpc) is 2.30. The Hall–Kier alpha value is -0.120. The first-order chi connectivity index (χ1) is 7.76. The standard InChI is InChI=1S/C13H26N2O/c1-12(9-16-2)15-8-4-6-13(11-15)5-3-7-14-10-13/h12,14H,3-11H2,1-2H3.